The molecule has 160 valence electrons. The molecule has 4 heteroatoms. The molecule has 0 fully saturated rings. The Morgan fingerprint density at radius 3 is 1.81 bits per heavy atom. The summed E-state index contributed by atoms with van der Waals surface area (Å²) in [6.45, 7) is 4.29. The van der Waals surface area contributed by atoms with Crippen LogP contribution in [0.5, 0.6) is 0 Å². The third kappa shape index (κ3) is 4.77. The molecule has 0 unspecified atom stereocenters. The van der Waals surface area contributed by atoms with Gasteiger partial charge in [0.25, 0.3) is 0 Å². The summed E-state index contributed by atoms with van der Waals surface area (Å²) in [5.74, 6) is -0.0673. The van der Waals surface area contributed by atoms with Gasteiger partial charge >= 0.3 is 0 Å². The molecular weight excluding hydrogens is 529 g/mol. The molecule has 0 spiro atoms. The van der Waals surface area contributed by atoms with E-state index < -0.39 is 0 Å². The van der Waals surface area contributed by atoms with Gasteiger partial charge in [0.1, 0.15) is 5.82 Å². The lowest BCUT2D eigenvalue weighted by atomic mass is 9.85. The summed E-state index contributed by atoms with van der Waals surface area (Å²) in [4.78, 5) is 5.22. The van der Waals surface area contributed by atoms with E-state index in [2.05, 4.69) is 70.0 Å². The molecule has 0 amide bonds. The van der Waals surface area contributed by atoms with E-state index in [0.29, 0.717) is 0 Å². The lowest BCUT2D eigenvalue weighted by Crippen LogP contribution is -2.05. The topological polar surface area (TPSA) is 12.9 Å². The number of halogens is 3. The Hall–Kier alpha value is -2.56. The molecule has 0 aliphatic rings. The monoisotopic (exact) mass is 549 g/mol. The van der Waals surface area contributed by atoms with Crippen LogP contribution in [0.2, 0.25) is 0 Å². The quantitative estimate of drug-likeness (QED) is 0.241. The van der Waals surface area contributed by atoms with E-state index in [1.54, 1.807) is 0 Å². The van der Waals surface area contributed by atoms with E-state index in [9.17, 15) is 4.39 Å². The highest BCUT2D eigenvalue weighted by molar-refractivity contribution is 9.28. The van der Waals surface area contributed by atoms with Crippen molar-refractivity contribution in [1.82, 2.24) is 4.98 Å². The third-order valence-electron chi connectivity index (χ3n) is 5.31. The number of benzene rings is 3. The van der Waals surface area contributed by atoms with Crippen LogP contribution >= 0.6 is 31.9 Å². The fourth-order valence-electron chi connectivity index (χ4n) is 3.92. The van der Waals surface area contributed by atoms with E-state index in [1.807, 2.05) is 54.6 Å². The van der Waals surface area contributed by atoms with E-state index in [0.717, 1.165) is 48.2 Å². The predicted molar refractivity (Wildman–Crippen MR) is 140 cm³/mol. The first-order valence-electron chi connectivity index (χ1n) is 10.4. The molecule has 3 aromatic carbocycles. The molecule has 0 saturated carbocycles. The lowest BCUT2D eigenvalue weighted by molar-refractivity contribution is 0.628. The lowest BCUT2D eigenvalue weighted by Gasteiger charge is -2.23. The number of hydrogen-bond acceptors (Lipinski definition) is 1. The van der Waals surface area contributed by atoms with Crippen molar-refractivity contribution in [3.8, 4) is 33.5 Å². The zero-order chi connectivity index (χ0) is 22.7. The van der Waals surface area contributed by atoms with Crippen LogP contribution in [-0.4, -0.2) is 4.98 Å². The maximum atomic E-state index is 13.8. The fourth-order valence-corrected chi connectivity index (χ4v) is 4.38. The van der Waals surface area contributed by atoms with Gasteiger partial charge in [-0.25, -0.2) is 4.39 Å². The van der Waals surface area contributed by atoms with Gasteiger partial charge in [-0.15, -0.1) is 0 Å². The Morgan fingerprint density at radius 2 is 1.28 bits per heavy atom. The first kappa shape index (κ1) is 22.6. The summed E-state index contributed by atoms with van der Waals surface area (Å²) in [5, 5.41) is 0. The van der Waals surface area contributed by atoms with Gasteiger partial charge in [0.05, 0.1) is 14.8 Å². The molecule has 0 aliphatic carbocycles. The number of aromatic nitrogens is 1. The normalized spacial score (nSPS) is 10.9. The number of rotatable bonds is 5. The van der Waals surface area contributed by atoms with Crippen molar-refractivity contribution in [2.45, 2.75) is 19.8 Å². The van der Waals surface area contributed by atoms with Crippen LogP contribution in [0.15, 0.2) is 88.3 Å². The van der Waals surface area contributed by atoms with Crippen LogP contribution in [0.3, 0.4) is 0 Å². The van der Waals surface area contributed by atoms with Crippen molar-refractivity contribution in [1.29, 1.82) is 0 Å². The molecule has 0 atom stereocenters. The second-order valence-electron chi connectivity index (χ2n) is 7.84. The van der Waals surface area contributed by atoms with Gasteiger partial charge in [0.15, 0.2) is 0 Å². The first-order chi connectivity index (χ1) is 15.5. The Morgan fingerprint density at radius 1 is 0.750 bits per heavy atom. The highest BCUT2D eigenvalue weighted by Crippen LogP contribution is 2.44. The second-order valence-corrected chi connectivity index (χ2v) is 10.6. The molecule has 0 saturated heterocycles. The van der Waals surface area contributed by atoms with Gasteiger partial charge in [-0.1, -0.05) is 86.6 Å². The van der Waals surface area contributed by atoms with Crippen LogP contribution in [0.1, 0.15) is 31.0 Å². The first-order valence-corrected chi connectivity index (χ1v) is 12.0. The van der Waals surface area contributed by atoms with Crippen LogP contribution < -0.4 is 0 Å². The molecular formula is C28H22Br2FN. The van der Waals surface area contributed by atoms with Crippen LogP contribution in [0.4, 0.5) is 4.39 Å². The summed E-state index contributed by atoms with van der Waals surface area (Å²) in [5.41, 5.74) is 8.03. The number of hydrogen-bond donors (Lipinski definition) is 0. The van der Waals surface area contributed by atoms with Crippen LogP contribution in [0.25, 0.3) is 39.6 Å². The minimum atomic E-state index is -0.254. The zero-order valence-electron chi connectivity index (χ0n) is 17.8. The van der Waals surface area contributed by atoms with E-state index in [4.69, 9.17) is 4.98 Å². The van der Waals surface area contributed by atoms with Crippen LogP contribution in [-0.2, 0) is 0 Å². The standard InChI is InChI=1S/C28H22Br2FN/c1-18(2)27-23(17-24(29)30)25(20-13-15-22(31)16-14-20)26(19-9-5-3-6-10-19)28(32-27)21-11-7-4-8-12-21/h3-18H,1-2H3. The highest BCUT2D eigenvalue weighted by Gasteiger charge is 2.23. The minimum absolute atomic E-state index is 0.187. The molecule has 0 radical (unpaired) electrons. The molecule has 0 bridgehead atoms. The summed E-state index contributed by atoms with van der Waals surface area (Å²) < 4.78 is 14.7. The summed E-state index contributed by atoms with van der Waals surface area (Å²) in [6, 6.07) is 27.2. The van der Waals surface area contributed by atoms with E-state index in [1.165, 1.54) is 12.1 Å². The molecule has 0 aliphatic heterocycles. The average molecular weight is 551 g/mol. The fraction of sp³-hybridized carbons (Fsp3) is 0.107. The molecule has 1 nitrogen and oxygen atoms in total. The van der Waals surface area contributed by atoms with Gasteiger partial charge < -0.3 is 0 Å². The zero-order valence-corrected chi connectivity index (χ0v) is 21.0. The molecule has 1 heterocycles. The van der Waals surface area contributed by atoms with Crippen molar-refractivity contribution < 1.29 is 4.39 Å². The van der Waals surface area contributed by atoms with Crippen molar-refractivity contribution >= 4 is 37.9 Å². The van der Waals surface area contributed by atoms with Crippen LogP contribution in [0, 0.1) is 5.82 Å². The van der Waals surface area contributed by atoms with Crippen molar-refractivity contribution in [3.05, 3.63) is 105 Å². The number of pyridine rings is 1. The SMILES string of the molecule is CC(C)c1nc(-c2ccccc2)c(-c2ccccc2)c(-c2ccc(F)cc2)c1C=C(Br)Br. The average Bonchev–Trinajstić information content (AvgIpc) is 2.80. The van der Waals surface area contributed by atoms with Gasteiger partial charge in [-0.05, 0) is 67.1 Å². The summed E-state index contributed by atoms with van der Waals surface area (Å²) in [7, 11) is 0. The predicted octanol–water partition coefficient (Wildman–Crippen LogP) is 9.43. The smallest absolute Gasteiger partial charge is 0.123 e. The van der Waals surface area contributed by atoms with E-state index >= 15 is 0 Å². The van der Waals surface area contributed by atoms with Crippen molar-refractivity contribution in [2.24, 2.45) is 0 Å². The largest absolute Gasteiger partial charge is 0.251 e. The Bertz CT molecular complexity index is 1240. The van der Waals surface area contributed by atoms with Crippen molar-refractivity contribution in [2.75, 3.05) is 0 Å². The van der Waals surface area contributed by atoms with Gasteiger partial charge in [0.2, 0.25) is 0 Å². The molecule has 1 aromatic heterocycles. The van der Waals surface area contributed by atoms with Gasteiger partial charge in [-0.2, -0.15) is 0 Å². The molecule has 0 N–H and O–H groups in total. The minimum Gasteiger partial charge on any atom is -0.251 e. The molecule has 4 aromatic rings. The Balaban J connectivity index is 2.22. The summed E-state index contributed by atoms with van der Waals surface area (Å²) in [6.07, 6.45) is 2.04. The molecule has 4 rings (SSSR count). The maximum absolute atomic E-state index is 13.8. The Labute approximate surface area is 205 Å². The number of nitrogens with zero attached hydrogens (tertiary/aromatic N) is 1. The van der Waals surface area contributed by atoms with Crippen molar-refractivity contribution in [3.63, 3.8) is 0 Å². The second kappa shape index (κ2) is 9.93. The van der Waals surface area contributed by atoms with Gasteiger partial charge in [0, 0.05) is 22.3 Å². The third-order valence-corrected chi connectivity index (χ3v) is 5.77. The highest BCUT2D eigenvalue weighted by atomic mass is 79.9. The maximum Gasteiger partial charge on any atom is 0.123 e. The molecule has 32 heavy (non-hydrogen) atoms. The van der Waals surface area contributed by atoms with E-state index in [-0.39, 0.29) is 11.7 Å². The Kier molecular flexibility index (Phi) is 7.02. The van der Waals surface area contributed by atoms with Gasteiger partial charge in [-0.3, -0.25) is 4.98 Å². The summed E-state index contributed by atoms with van der Waals surface area (Å²) >= 11 is 7.09.